The fourth-order valence-corrected chi connectivity index (χ4v) is 3.61. The highest BCUT2D eigenvalue weighted by Crippen LogP contribution is 2.29. The summed E-state index contributed by atoms with van der Waals surface area (Å²) in [5.41, 5.74) is 8.66. The molecule has 0 saturated heterocycles. The molecule has 1 unspecified atom stereocenters. The van der Waals surface area contributed by atoms with Crippen LogP contribution >= 0.6 is 15.9 Å². The Morgan fingerprint density at radius 1 is 1.42 bits per heavy atom. The summed E-state index contributed by atoms with van der Waals surface area (Å²) in [7, 11) is 0. The van der Waals surface area contributed by atoms with Gasteiger partial charge in [-0.3, -0.25) is 4.68 Å². The zero-order valence-electron chi connectivity index (χ0n) is 12.2. The fraction of sp³-hybridized carbons (Fsp3) is 0.800. The van der Waals surface area contributed by atoms with E-state index in [1.807, 2.05) is 6.92 Å². The topological polar surface area (TPSA) is 43.8 Å². The first-order chi connectivity index (χ1) is 9.11. The van der Waals surface area contributed by atoms with Crippen LogP contribution in [0.3, 0.4) is 0 Å². The van der Waals surface area contributed by atoms with E-state index in [-0.39, 0.29) is 6.04 Å². The van der Waals surface area contributed by atoms with Crippen LogP contribution in [0.5, 0.6) is 0 Å². The second-order valence-electron chi connectivity index (χ2n) is 5.85. The molecule has 1 aliphatic carbocycles. The first kappa shape index (κ1) is 15.0. The van der Waals surface area contributed by atoms with Gasteiger partial charge in [-0.25, -0.2) is 0 Å². The molecule has 1 saturated carbocycles. The van der Waals surface area contributed by atoms with Crippen LogP contribution in [0, 0.1) is 12.8 Å². The summed E-state index contributed by atoms with van der Waals surface area (Å²) in [4.78, 5) is 0. The number of rotatable bonds is 6. The molecule has 2 rings (SSSR count). The van der Waals surface area contributed by atoms with E-state index in [2.05, 4.69) is 32.6 Å². The summed E-state index contributed by atoms with van der Waals surface area (Å²) in [5.74, 6) is 0.937. The summed E-state index contributed by atoms with van der Waals surface area (Å²) in [6.45, 7) is 5.09. The Morgan fingerprint density at radius 3 is 2.74 bits per heavy atom. The van der Waals surface area contributed by atoms with Crippen molar-refractivity contribution in [3.63, 3.8) is 0 Å². The second kappa shape index (κ2) is 6.89. The van der Waals surface area contributed by atoms with Crippen molar-refractivity contribution in [1.82, 2.24) is 9.78 Å². The van der Waals surface area contributed by atoms with Gasteiger partial charge in [0.25, 0.3) is 0 Å². The van der Waals surface area contributed by atoms with Crippen molar-refractivity contribution in [2.45, 2.75) is 71.4 Å². The third-order valence-electron chi connectivity index (χ3n) is 4.33. The maximum atomic E-state index is 6.32. The van der Waals surface area contributed by atoms with E-state index in [1.165, 1.54) is 37.8 Å². The summed E-state index contributed by atoms with van der Waals surface area (Å²) in [6, 6.07) is 0.262. The van der Waals surface area contributed by atoms with Crippen molar-refractivity contribution < 1.29 is 0 Å². The minimum Gasteiger partial charge on any atom is -0.327 e. The summed E-state index contributed by atoms with van der Waals surface area (Å²) in [6.07, 6.45) is 9.07. The number of halogens is 1. The molecule has 1 atom stereocenters. The highest BCUT2D eigenvalue weighted by Gasteiger charge is 2.18. The average Bonchev–Trinajstić information content (AvgIpc) is 3.00. The fourth-order valence-electron chi connectivity index (χ4n) is 3.16. The Labute approximate surface area is 125 Å². The summed E-state index contributed by atoms with van der Waals surface area (Å²) < 4.78 is 3.22. The minimum absolute atomic E-state index is 0.262. The van der Waals surface area contributed by atoms with Gasteiger partial charge in [0.05, 0.1) is 15.9 Å². The molecule has 108 valence electrons. The predicted molar refractivity (Wildman–Crippen MR) is 83.2 cm³/mol. The van der Waals surface area contributed by atoms with E-state index in [4.69, 9.17) is 5.73 Å². The lowest BCUT2D eigenvalue weighted by Crippen LogP contribution is -2.25. The van der Waals surface area contributed by atoms with Crippen molar-refractivity contribution in [2.75, 3.05) is 0 Å². The van der Waals surface area contributed by atoms with E-state index in [1.54, 1.807) is 0 Å². The lowest BCUT2D eigenvalue weighted by molar-refractivity contribution is 0.441. The van der Waals surface area contributed by atoms with Crippen molar-refractivity contribution >= 4 is 15.9 Å². The van der Waals surface area contributed by atoms with Gasteiger partial charge in [0.15, 0.2) is 0 Å². The van der Waals surface area contributed by atoms with E-state index in [9.17, 15) is 0 Å². The van der Waals surface area contributed by atoms with Crippen LogP contribution in [0.25, 0.3) is 0 Å². The molecule has 1 heterocycles. The van der Waals surface area contributed by atoms with Crippen LogP contribution in [0.15, 0.2) is 4.47 Å². The van der Waals surface area contributed by atoms with Gasteiger partial charge in [0, 0.05) is 19.0 Å². The molecule has 0 spiro atoms. The van der Waals surface area contributed by atoms with E-state index >= 15 is 0 Å². The van der Waals surface area contributed by atoms with Gasteiger partial charge in [-0.05, 0) is 48.5 Å². The van der Waals surface area contributed by atoms with Crippen molar-refractivity contribution in [3.05, 3.63) is 15.9 Å². The SMILES string of the molecule is CCn1nc(C)c(Br)c1CC(N)CCC1CCCC1. The van der Waals surface area contributed by atoms with E-state index in [0.29, 0.717) is 0 Å². The minimum atomic E-state index is 0.262. The molecule has 4 heteroatoms. The Kier molecular flexibility index (Phi) is 5.46. The second-order valence-corrected chi connectivity index (χ2v) is 6.65. The lowest BCUT2D eigenvalue weighted by atomic mass is 9.97. The molecule has 19 heavy (non-hydrogen) atoms. The molecule has 1 fully saturated rings. The Hall–Kier alpha value is -0.350. The maximum Gasteiger partial charge on any atom is 0.0738 e. The molecule has 0 radical (unpaired) electrons. The summed E-state index contributed by atoms with van der Waals surface area (Å²) >= 11 is 3.65. The third-order valence-corrected chi connectivity index (χ3v) is 5.36. The largest absolute Gasteiger partial charge is 0.327 e. The maximum absolute atomic E-state index is 6.32. The molecule has 0 bridgehead atoms. The number of hydrogen-bond donors (Lipinski definition) is 1. The van der Waals surface area contributed by atoms with Crippen LogP contribution < -0.4 is 5.73 Å². The third kappa shape index (κ3) is 3.82. The molecular weight excluding hydrogens is 302 g/mol. The van der Waals surface area contributed by atoms with Crippen molar-refractivity contribution in [2.24, 2.45) is 11.7 Å². The first-order valence-electron chi connectivity index (χ1n) is 7.59. The number of aryl methyl sites for hydroxylation is 2. The van der Waals surface area contributed by atoms with Gasteiger partial charge in [-0.1, -0.05) is 25.7 Å². The monoisotopic (exact) mass is 327 g/mol. The number of nitrogens with two attached hydrogens (primary N) is 1. The van der Waals surface area contributed by atoms with Gasteiger partial charge in [-0.2, -0.15) is 5.10 Å². The van der Waals surface area contributed by atoms with Crippen LogP contribution in [-0.4, -0.2) is 15.8 Å². The smallest absolute Gasteiger partial charge is 0.0738 e. The molecule has 0 amide bonds. The van der Waals surface area contributed by atoms with Crippen LogP contribution in [-0.2, 0) is 13.0 Å². The van der Waals surface area contributed by atoms with Gasteiger partial charge < -0.3 is 5.73 Å². The molecule has 1 aromatic heterocycles. The quantitative estimate of drug-likeness (QED) is 0.863. The highest BCUT2D eigenvalue weighted by molar-refractivity contribution is 9.10. The number of hydrogen-bond acceptors (Lipinski definition) is 2. The number of aromatic nitrogens is 2. The molecular formula is C15H26BrN3. The first-order valence-corrected chi connectivity index (χ1v) is 8.38. The zero-order chi connectivity index (χ0) is 13.8. The van der Waals surface area contributed by atoms with Gasteiger partial charge >= 0.3 is 0 Å². The highest BCUT2D eigenvalue weighted by atomic mass is 79.9. The van der Waals surface area contributed by atoms with Gasteiger partial charge in [-0.15, -0.1) is 0 Å². The molecule has 3 nitrogen and oxygen atoms in total. The standard InChI is InChI=1S/C15H26BrN3/c1-3-19-14(15(16)11(2)18-19)10-13(17)9-8-12-6-4-5-7-12/h12-13H,3-10,17H2,1-2H3. The van der Waals surface area contributed by atoms with Crippen molar-refractivity contribution in [3.8, 4) is 0 Å². The van der Waals surface area contributed by atoms with Crippen LogP contribution in [0.2, 0.25) is 0 Å². The molecule has 0 aromatic carbocycles. The average molecular weight is 328 g/mol. The van der Waals surface area contributed by atoms with Crippen LogP contribution in [0.1, 0.15) is 56.8 Å². The van der Waals surface area contributed by atoms with Crippen LogP contribution in [0.4, 0.5) is 0 Å². The molecule has 1 aliphatic rings. The van der Waals surface area contributed by atoms with E-state index in [0.717, 1.165) is 35.5 Å². The van der Waals surface area contributed by atoms with Crippen molar-refractivity contribution in [1.29, 1.82) is 0 Å². The normalized spacial score (nSPS) is 18.1. The van der Waals surface area contributed by atoms with E-state index < -0.39 is 0 Å². The summed E-state index contributed by atoms with van der Waals surface area (Å²) in [5, 5.41) is 4.53. The lowest BCUT2D eigenvalue weighted by Gasteiger charge is -2.15. The van der Waals surface area contributed by atoms with Gasteiger partial charge in [0.1, 0.15) is 0 Å². The zero-order valence-corrected chi connectivity index (χ0v) is 13.7. The Bertz CT molecular complexity index is 408. The molecule has 0 aliphatic heterocycles. The Balaban J connectivity index is 1.88. The van der Waals surface area contributed by atoms with Gasteiger partial charge in [0.2, 0.25) is 0 Å². The Morgan fingerprint density at radius 2 is 2.11 bits per heavy atom. The molecule has 2 N–H and O–H groups in total. The predicted octanol–water partition coefficient (Wildman–Crippen LogP) is 3.81. The number of nitrogens with zero attached hydrogens (tertiary/aromatic N) is 2. The molecule has 1 aromatic rings.